The van der Waals surface area contributed by atoms with Crippen molar-refractivity contribution in [1.82, 2.24) is 4.98 Å². The first kappa shape index (κ1) is 12.8. The van der Waals surface area contributed by atoms with Gasteiger partial charge in [-0.05, 0) is 24.3 Å². The van der Waals surface area contributed by atoms with Crippen LogP contribution in [0.4, 0.5) is 13.2 Å². The highest BCUT2D eigenvalue weighted by atomic mass is 32.2. The molecule has 0 spiro atoms. The molecule has 0 saturated carbocycles. The van der Waals surface area contributed by atoms with E-state index in [0.717, 1.165) is 6.07 Å². The van der Waals surface area contributed by atoms with Crippen LogP contribution in [0.5, 0.6) is 0 Å². The van der Waals surface area contributed by atoms with Gasteiger partial charge < -0.3 is 0 Å². The average molecular weight is 277 g/mol. The molecule has 0 aliphatic carbocycles. The Balaban J connectivity index is 2.90. The summed E-state index contributed by atoms with van der Waals surface area (Å²) >= 11 is 0. The van der Waals surface area contributed by atoms with Crippen LogP contribution >= 0.6 is 0 Å². The molecule has 0 fully saturated rings. The number of fused-ring (bicyclic) bond motifs is 1. The van der Waals surface area contributed by atoms with E-state index >= 15 is 0 Å². The van der Waals surface area contributed by atoms with Gasteiger partial charge in [0.2, 0.25) is 0 Å². The number of rotatable bonds is 1. The molecule has 0 unspecified atom stereocenters. The number of hydrogen-bond donors (Lipinski definition) is 1. The smallest absolute Gasteiger partial charge is 0.282 e. The first-order valence-corrected chi connectivity index (χ1v) is 6.07. The maximum absolute atomic E-state index is 12.6. The first-order valence-electron chi connectivity index (χ1n) is 4.63. The number of nitrogens with zero attached hydrogens (tertiary/aromatic N) is 1. The van der Waals surface area contributed by atoms with Crippen molar-refractivity contribution in [1.29, 1.82) is 0 Å². The summed E-state index contributed by atoms with van der Waals surface area (Å²) in [5, 5.41) is -0.0620. The van der Waals surface area contributed by atoms with E-state index in [1.165, 1.54) is 18.3 Å². The molecule has 1 aromatic carbocycles. The second kappa shape index (κ2) is 3.92. The standard InChI is InChI=1S/C10H6F3NO3S/c11-10(12,13)6-4-8-7(2-1-3-14-8)9(5-6)18(15,16)17/h1-5H,(H,15,16,17). The van der Waals surface area contributed by atoms with Gasteiger partial charge in [0, 0.05) is 11.6 Å². The summed E-state index contributed by atoms with van der Waals surface area (Å²) < 4.78 is 68.9. The van der Waals surface area contributed by atoms with Crippen LogP contribution in [0.1, 0.15) is 5.56 Å². The van der Waals surface area contributed by atoms with Crippen molar-refractivity contribution in [2.75, 3.05) is 0 Å². The van der Waals surface area contributed by atoms with Crippen LogP contribution in [0, 0.1) is 0 Å². The average Bonchev–Trinajstić information content (AvgIpc) is 2.25. The Kier molecular flexibility index (Phi) is 2.78. The van der Waals surface area contributed by atoms with Crippen molar-refractivity contribution in [2.24, 2.45) is 0 Å². The van der Waals surface area contributed by atoms with Crippen LogP contribution < -0.4 is 0 Å². The fourth-order valence-corrected chi connectivity index (χ4v) is 2.25. The Hall–Kier alpha value is -1.67. The fourth-order valence-electron chi connectivity index (χ4n) is 1.53. The normalized spacial score (nSPS) is 12.9. The molecule has 0 aliphatic heterocycles. The molecule has 0 amide bonds. The SMILES string of the molecule is O=S(=O)(O)c1cc(C(F)(F)F)cc2ncccc12. The van der Waals surface area contributed by atoms with E-state index in [4.69, 9.17) is 4.55 Å². The third-order valence-electron chi connectivity index (χ3n) is 2.29. The van der Waals surface area contributed by atoms with E-state index in [-0.39, 0.29) is 10.9 Å². The number of halogens is 3. The molecule has 0 aliphatic rings. The Labute approximate surface area is 99.8 Å². The van der Waals surface area contributed by atoms with Crippen LogP contribution in [0.15, 0.2) is 35.4 Å². The molecular formula is C10H6F3NO3S. The van der Waals surface area contributed by atoms with Crippen molar-refractivity contribution in [3.8, 4) is 0 Å². The van der Waals surface area contributed by atoms with Crippen molar-refractivity contribution in [3.63, 3.8) is 0 Å². The summed E-state index contributed by atoms with van der Waals surface area (Å²) in [5.74, 6) is 0. The number of benzene rings is 1. The highest BCUT2D eigenvalue weighted by Gasteiger charge is 2.33. The van der Waals surface area contributed by atoms with Gasteiger partial charge in [0.15, 0.2) is 0 Å². The summed E-state index contributed by atoms with van der Waals surface area (Å²) in [5.41, 5.74) is -1.33. The highest BCUT2D eigenvalue weighted by molar-refractivity contribution is 7.86. The third-order valence-corrected chi connectivity index (χ3v) is 3.18. The number of alkyl halides is 3. The topological polar surface area (TPSA) is 67.3 Å². The van der Waals surface area contributed by atoms with Crippen LogP contribution in [0.3, 0.4) is 0 Å². The van der Waals surface area contributed by atoms with E-state index in [1.54, 1.807) is 0 Å². The predicted molar refractivity (Wildman–Crippen MR) is 56.6 cm³/mol. The molecule has 0 saturated heterocycles. The summed E-state index contributed by atoms with van der Waals surface area (Å²) in [6.07, 6.45) is -3.48. The van der Waals surface area contributed by atoms with Crippen LogP contribution in [-0.4, -0.2) is 18.0 Å². The zero-order valence-corrected chi connectivity index (χ0v) is 9.46. The monoisotopic (exact) mass is 277 g/mol. The van der Waals surface area contributed by atoms with Gasteiger partial charge in [0.25, 0.3) is 10.1 Å². The van der Waals surface area contributed by atoms with E-state index in [1.807, 2.05) is 0 Å². The van der Waals surface area contributed by atoms with E-state index in [2.05, 4.69) is 4.98 Å². The molecule has 0 radical (unpaired) electrons. The molecule has 18 heavy (non-hydrogen) atoms. The largest absolute Gasteiger partial charge is 0.416 e. The van der Waals surface area contributed by atoms with Gasteiger partial charge in [-0.2, -0.15) is 21.6 Å². The molecule has 8 heteroatoms. The molecule has 0 bridgehead atoms. The molecule has 0 atom stereocenters. The van der Waals surface area contributed by atoms with Crippen molar-refractivity contribution < 1.29 is 26.1 Å². The first-order chi connectivity index (χ1) is 8.19. The third kappa shape index (κ3) is 2.29. The Morgan fingerprint density at radius 2 is 1.89 bits per heavy atom. The zero-order chi connectivity index (χ0) is 13.6. The van der Waals surface area contributed by atoms with Crippen LogP contribution in [-0.2, 0) is 16.3 Å². The minimum Gasteiger partial charge on any atom is -0.282 e. The lowest BCUT2D eigenvalue weighted by atomic mass is 10.1. The Bertz CT molecular complexity index is 710. The van der Waals surface area contributed by atoms with Gasteiger partial charge in [0.05, 0.1) is 11.1 Å². The summed E-state index contributed by atoms with van der Waals surface area (Å²) in [6, 6.07) is 3.75. The van der Waals surface area contributed by atoms with Crippen molar-refractivity contribution in [3.05, 3.63) is 36.0 Å². The van der Waals surface area contributed by atoms with Gasteiger partial charge in [0.1, 0.15) is 4.90 Å². The highest BCUT2D eigenvalue weighted by Crippen LogP contribution is 2.34. The van der Waals surface area contributed by atoms with Gasteiger partial charge in [-0.25, -0.2) is 0 Å². The summed E-state index contributed by atoms with van der Waals surface area (Å²) in [4.78, 5) is 2.85. The molecule has 2 rings (SSSR count). The van der Waals surface area contributed by atoms with Crippen molar-refractivity contribution >= 4 is 21.0 Å². The summed E-state index contributed by atoms with van der Waals surface area (Å²) in [7, 11) is -4.75. The van der Waals surface area contributed by atoms with Gasteiger partial charge >= 0.3 is 6.18 Å². The summed E-state index contributed by atoms with van der Waals surface area (Å²) in [6.45, 7) is 0. The second-order valence-corrected chi connectivity index (χ2v) is 4.91. The molecule has 1 aromatic heterocycles. The van der Waals surface area contributed by atoms with E-state index < -0.39 is 26.8 Å². The minimum absolute atomic E-state index is 0.0620. The van der Waals surface area contributed by atoms with Gasteiger partial charge in [-0.1, -0.05) is 0 Å². The van der Waals surface area contributed by atoms with Crippen LogP contribution in [0.2, 0.25) is 0 Å². The minimum atomic E-state index is -4.75. The van der Waals surface area contributed by atoms with Gasteiger partial charge in [-0.15, -0.1) is 0 Å². The number of aromatic nitrogens is 1. The molecule has 1 heterocycles. The Morgan fingerprint density at radius 1 is 1.22 bits per heavy atom. The maximum Gasteiger partial charge on any atom is 0.416 e. The Morgan fingerprint density at radius 3 is 2.44 bits per heavy atom. The second-order valence-electron chi connectivity index (χ2n) is 3.52. The van der Waals surface area contributed by atoms with Crippen molar-refractivity contribution in [2.45, 2.75) is 11.1 Å². The lowest BCUT2D eigenvalue weighted by Gasteiger charge is -2.10. The lowest BCUT2D eigenvalue weighted by molar-refractivity contribution is -0.137. The number of pyridine rings is 1. The predicted octanol–water partition coefficient (Wildman–Crippen LogP) is 2.50. The number of hydrogen-bond acceptors (Lipinski definition) is 3. The fraction of sp³-hybridized carbons (Fsp3) is 0.100. The van der Waals surface area contributed by atoms with E-state index in [0.29, 0.717) is 6.07 Å². The van der Waals surface area contributed by atoms with Crippen LogP contribution in [0.25, 0.3) is 10.9 Å². The molecular weight excluding hydrogens is 271 g/mol. The molecule has 2 aromatic rings. The zero-order valence-electron chi connectivity index (χ0n) is 8.64. The molecule has 4 nitrogen and oxygen atoms in total. The lowest BCUT2D eigenvalue weighted by Crippen LogP contribution is -2.08. The molecule has 1 N–H and O–H groups in total. The van der Waals surface area contributed by atoms with Gasteiger partial charge in [-0.3, -0.25) is 9.54 Å². The quantitative estimate of drug-likeness (QED) is 0.813. The maximum atomic E-state index is 12.6. The van der Waals surface area contributed by atoms with E-state index in [9.17, 15) is 21.6 Å². The molecule has 96 valence electrons.